The number of rotatable bonds is 3. The predicted molar refractivity (Wildman–Crippen MR) is 93.6 cm³/mol. The summed E-state index contributed by atoms with van der Waals surface area (Å²) in [4.78, 5) is 16.3. The molecule has 2 amide bonds. The molecule has 1 aliphatic rings. The van der Waals surface area contributed by atoms with E-state index in [0.717, 1.165) is 11.3 Å². The predicted octanol–water partition coefficient (Wildman–Crippen LogP) is 3.42. The van der Waals surface area contributed by atoms with Crippen molar-refractivity contribution in [2.75, 3.05) is 31.1 Å². The number of benzene rings is 2. The Bertz CT molecular complexity index is 684. The fourth-order valence-electron chi connectivity index (χ4n) is 2.94. The number of amides is 2. The van der Waals surface area contributed by atoms with Crippen LogP contribution >= 0.6 is 0 Å². The van der Waals surface area contributed by atoms with Crippen LogP contribution in [0.15, 0.2) is 54.6 Å². The van der Waals surface area contributed by atoms with E-state index in [1.54, 1.807) is 6.07 Å². The molecular formula is C19H22FN3O. The van der Waals surface area contributed by atoms with Gasteiger partial charge in [0.2, 0.25) is 0 Å². The van der Waals surface area contributed by atoms with E-state index in [0.29, 0.717) is 26.2 Å². The van der Waals surface area contributed by atoms with E-state index < -0.39 is 0 Å². The molecule has 1 N–H and O–H groups in total. The number of halogens is 1. The second kappa shape index (κ2) is 7.34. The highest BCUT2D eigenvalue weighted by Crippen LogP contribution is 2.18. The highest BCUT2D eigenvalue weighted by Gasteiger charge is 2.22. The van der Waals surface area contributed by atoms with Gasteiger partial charge in [0.1, 0.15) is 5.82 Å². The first kappa shape index (κ1) is 16.3. The SMILES string of the molecule is CC(NC(=O)N1CCN(c2cccc(F)c2)CC1)c1ccccc1. The second-order valence-corrected chi connectivity index (χ2v) is 6.04. The minimum atomic E-state index is -0.232. The molecule has 1 aliphatic heterocycles. The first-order chi connectivity index (χ1) is 11.6. The fourth-order valence-corrected chi connectivity index (χ4v) is 2.94. The maximum atomic E-state index is 13.3. The quantitative estimate of drug-likeness (QED) is 0.937. The number of carbonyl (C=O) groups is 1. The van der Waals surface area contributed by atoms with Crippen LogP contribution in [0.25, 0.3) is 0 Å². The van der Waals surface area contributed by atoms with Crippen LogP contribution in [0.1, 0.15) is 18.5 Å². The van der Waals surface area contributed by atoms with Gasteiger partial charge in [-0.25, -0.2) is 9.18 Å². The molecule has 1 saturated heterocycles. The first-order valence-corrected chi connectivity index (χ1v) is 8.24. The number of anilines is 1. The van der Waals surface area contributed by atoms with Gasteiger partial charge >= 0.3 is 6.03 Å². The van der Waals surface area contributed by atoms with Crippen molar-refractivity contribution in [3.05, 3.63) is 66.0 Å². The normalized spacial score (nSPS) is 15.9. The molecule has 126 valence electrons. The number of hydrogen-bond donors (Lipinski definition) is 1. The minimum Gasteiger partial charge on any atom is -0.368 e. The van der Waals surface area contributed by atoms with Crippen LogP contribution < -0.4 is 10.2 Å². The summed E-state index contributed by atoms with van der Waals surface area (Å²) in [6.07, 6.45) is 0. The maximum Gasteiger partial charge on any atom is 0.317 e. The Balaban J connectivity index is 1.53. The van der Waals surface area contributed by atoms with E-state index >= 15 is 0 Å². The molecule has 1 heterocycles. The summed E-state index contributed by atoms with van der Waals surface area (Å²) in [5.74, 6) is -0.232. The Labute approximate surface area is 141 Å². The van der Waals surface area contributed by atoms with Crippen LogP contribution in [-0.4, -0.2) is 37.1 Å². The van der Waals surface area contributed by atoms with Gasteiger partial charge in [-0.15, -0.1) is 0 Å². The third kappa shape index (κ3) is 3.85. The first-order valence-electron chi connectivity index (χ1n) is 8.24. The molecule has 0 saturated carbocycles. The summed E-state index contributed by atoms with van der Waals surface area (Å²) >= 11 is 0. The van der Waals surface area contributed by atoms with Gasteiger partial charge < -0.3 is 15.1 Å². The number of urea groups is 1. The Hall–Kier alpha value is -2.56. The Morgan fingerprint density at radius 3 is 2.42 bits per heavy atom. The summed E-state index contributed by atoms with van der Waals surface area (Å²) in [5, 5.41) is 3.04. The highest BCUT2D eigenvalue weighted by atomic mass is 19.1. The largest absolute Gasteiger partial charge is 0.368 e. The molecule has 4 nitrogen and oxygen atoms in total. The lowest BCUT2D eigenvalue weighted by atomic mass is 10.1. The monoisotopic (exact) mass is 327 g/mol. The van der Waals surface area contributed by atoms with Crippen LogP contribution in [0.2, 0.25) is 0 Å². The smallest absolute Gasteiger partial charge is 0.317 e. The fraction of sp³-hybridized carbons (Fsp3) is 0.316. The molecule has 1 fully saturated rings. The minimum absolute atomic E-state index is 0.0278. The van der Waals surface area contributed by atoms with Crippen LogP contribution in [0.4, 0.5) is 14.9 Å². The van der Waals surface area contributed by atoms with Gasteiger partial charge in [0.15, 0.2) is 0 Å². The molecular weight excluding hydrogens is 305 g/mol. The summed E-state index contributed by atoms with van der Waals surface area (Å²) in [5.41, 5.74) is 1.96. The van der Waals surface area contributed by atoms with E-state index in [-0.39, 0.29) is 17.9 Å². The average molecular weight is 327 g/mol. The Kier molecular flexibility index (Phi) is 4.99. The topological polar surface area (TPSA) is 35.6 Å². The molecule has 0 bridgehead atoms. The molecule has 0 aromatic heterocycles. The summed E-state index contributed by atoms with van der Waals surface area (Å²) in [6.45, 7) is 4.65. The lowest BCUT2D eigenvalue weighted by molar-refractivity contribution is 0.191. The maximum absolute atomic E-state index is 13.3. The van der Waals surface area contributed by atoms with Gasteiger partial charge in [-0.05, 0) is 30.7 Å². The van der Waals surface area contributed by atoms with Crippen LogP contribution in [-0.2, 0) is 0 Å². The molecule has 2 aromatic rings. The van der Waals surface area contributed by atoms with E-state index in [2.05, 4.69) is 10.2 Å². The molecule has 24 heavy (non-hydrogen) atoms. The number of nitrogens with zero attached hydrogens (tertiary/aromatic N) is 2. The summed E-state index contributed by atoms with van der Waals surface area (Å²) in [6, 6.07) is 16.4. The number of nitrogens with one attached hydrogen (secondary N) is 1. The molecule has 2 aromatic carbocycles. The van der Waals surface area contributed by atoms with Crippen molar-refractivity contribution >= 4 is 11.7 Å². The lowest BCUT2D eigenvalue weighted by Gasteiger charge is -2.36. The number of piperazine rings is 1. The Morgan fingerprint density at radius 2 is 1.75 bits per heavy atom. The van der Waals surface area contributed by atoms with E-state index in [9.17, 15) is 9.18 Å². The van der Waals surface area contributed by atoms with E-state index in [1.165, 1.54) is 12.1 Å². The van der Waals surface area contributed by atoms with Crippen molar-refractivity contribution in [3.63, 3.8) is 0 Å². The van der Waals surface area contributed by atoms with Crippen LogP contribution in [0.3, 0.4) is 0 Å². The zero-order valence-corrected chi connectivity index (χ0v) is 13.8. The average Bonchev–Trinajstić information content (AvgIpc) is 2.62. The third-order valence-corrected chi connectivity index (χ3v) is 4.38. The third-order valence-electron chi connectivity index (χ3n) is 4.38. The lowest BCUT2D eigenvalue weighted by Crippen LogP contribution is -2.52. The van der Waals surface area contributed by atoms with Gasteiger partial charge in [0.25, 0.3) is 0 Å². The molecule has 0 aliphatic carbocycles. The van der Waals surface area contributed by atoms with E-state index in [1.807, 2.05) is 48.2 Å². The standard InChI is InChI=1S/C19H22FN3O/c1-15(16-6-3-2-4-7-16)21-19(24)23-12-10-22(11-13-23)18-9-5-8-17(20)14-18/h2-9,14-15H,10-13H2,1H3,(H,21,24). The van der Waals surface area contributed by atoms with Crippen molar-refractivity contribution < 1.29 is 9.18 Å². The number of hydrogen-bond acceptors (Lipinski definition) is 2. The van der Waals surface area contributed by atoms with Crippen molar-refractivity contribution in [1.82, 2.24) is 10.2 Å². The molecule has 0 radical (unpaired) electrons. The van der Waals surface area contributed by atoms with Gasteiger partial charge in [-0.1, -0.05) is 36.4 Å². The molecule has 0 spiro atoms. The molecule has 1 atom stereocenters. The van der Waals surface area contributed by atoms with Crippen molar-refractivity contribution in [2.45, 2.75) is 13.0 Å². The molecule has 1 unspecified atom stereocenters. The summed E-state index contributed by atoms with van der Waals surface area (Å²) < 4.78 is 13.3. The number of carbonyl (C=O) groups excluding carboxylic acids is 1. The van der Waals surface area contributed by atoms with Gasteiger partial charge in [-0.3, -0.25) is 0 Å². The Morgan fingerprint density at radius 1 is 1.04 bits per heavy atom. The molecule has 5 heteroatoms. The van der Waals surface area contributed by atoms with E-state index in [4.69, 9.17) is 0 Å². The second-order valence-electron chi connectivity index (χ2n) is 6.04. The van der Waals surface area contributed by atoms with Crippen molar-refractivity contribution in [2.24, 2.45) is 0 Å². The van der Waals surface area contributed by atoms with Crippen molar-refractivity contribution in [3.8, 4) is 0 Å². The zero-order valence-electron chi connectivity index (χ0n) is 13.8. The van der Waals surface area contributed by atoms with Crippen LogP contribution in [0, 0.1) is 5.82 Å². The van der Waals surface area contributed by atoms with Crippen molar-refractivity contribution in [1.29, 1.82) is 0 Å². The summed E-state index contributed by atoms with van der Waals surface area (Å²) in [7, 11) is 0. The molecule has 3 rings (SSSR count). The van der Waals surface area contributed by atoms with Gasteiger partial charge in [0, 0.05) is 31.9 Å². The zero-order chi connectivity index (χ0) is 16.9. The van der Waals surface area contributed by atoms with Crippen LogP contribution in [0.5, 0.6) is 0 Å². The van der Waals surface area contributed by atoms with Gasteiger partial charge in [0.05, 0.1) is 6.04 Å². The van der Waals surface area contributed by atoms with Gasteiger partial charge in [-0.2, -0.15) is 0 Å². The highest BCUT2D eigenvalue weighted by molar-refractivity contribution is 5.75.